The average molecular weight is 371 g/mol. The Bertz CT molecular complexity index is 502. The van der Waals surface area contributed by atoms with E-state index in [1.807, 2.05) is 45.0 Å². The summed E-state index contributed by atoms with van der Waals surface area (Å²) in [7, 11) is 0. The van der Waals surface area contributed by atoms with Crippen molar-refractivity contribution < 1.29 is 19.1 Å². The van der Waals surface area contributed by atoms with Crippen LogP contribution in [-0.2, 0) is 19.1 Å². The van der Waals surface area contributed by atoms with Crippen molar-refractivity contribution in [3.8, 4) is 0 Å². The van der Waals surface area contributed by atoms with Crippen LogP contribution < -0.4 is 0 Å². The Kier molecular flexibility index (Phi) is 7.07. The number of carbonyl (C=O) groups excluding carboxylic acids is 2. The molecular weight excluding hydrogens is 348 g/mol. The van der Waals surface area contributed by atoms with Crippen LogP contribution in [0.15, 0.2) is 28.7 Å². The van der Waals surface area contributed by atoms with Gasteiger partial charge in [0.25, 0.3) is 0 Å². The van der Waals surface area contributed by atoms with Gasteiger partial charge >= 0.3 is 11.9 Å². The van der Waals surface area contributed by atoms with Gasteiger partial charge in [-0.15, -0.1) is 0 Å². The van der Waals surface area contributed by atoms with E-state index in [2.05, 4.69) is 15.9 Å². The van der Waals surface area contributed by atoms with Gasteiger partial charge in [0.1, 0.15) is 5.60 Å². The van der Waals surface area contributed by atoms with Crippen LogP contribution >= 0.6 is 15.9 Å². The molecule has 0 saturated heterocycles. The number of hydrogen-bond donors (Lipinski definition) is 0. The lowest BCUT2D eigenvalue weighted by molar-refractivity contribution is -0.155. The fraction of sp³-hybridized carbons (Fsp3) is 0.529. The molecule has 1 unspecified atom stereocenters. The molecule has 4 nitrogen and oxygen atoms in total. The topological polar surface area (TPSA) is 52.6 Å². The summed E-state index contributed by atoms with van der Waals surface area (Å²) in [5.74, 6) is -1.08. The van der Waals surface area contributed by atoms with Gasteiger partial charge in [0.15, 0.2) is 0 Å². The van der Waals surface area contributed by atoms with Crippen LogP contribution in [0, 0.1) is 0 Å². The molecule has 0 bridgehead atoms. The predicted molar refractivity (Wildman–Crippen MR) is 88.6 cm³/mol. The van der Waals surface area contributed by atoms with E-state index in [0.717, 1.165) is 10.0 Å². The number of halogens is 1. The molecule has 0 aromatic heterocycles. The molecule has 0 aliphatic rings. The average Bonchev–Trinajstić information content (AvgIpc) is 2.39. The SMILES string of the molecule is CCOC(=O)C(CCC(=O)OC(C)(C)C)c1ccc(Br)cc1. The summed E-state index contributed by atoms with van der Waals surface area (Å²) in [6.45, 7) is 7.55. The Balaban J connectivity index is 2.77. The summed E-state index contributed by atoms with van der Waals surface area (Å²) in [5.41, 5.74) is 0.318. The van der Waals surface area contributed by atoms with Crippen LogP contribution in [0.2, 0.25) is 0 Å². The van der Waals surface area contributed by atoms with Gasteiger partial charge < -0.3 is 9.47 Å². The monoisotopic (exact) mass is 370 g/mol. The number of carbonyl (C=O) groups is 2. The molecule has 0 radical (unpaired) electrons. The minimum atomic E-state index is -0.520. The van der Waals surface area contributed by atoms with E-state index in [-0.39, 0.29) is 18.4 Å². The summed E-state index contributed by atoms with van der Waals surface area (Å²) in [6.07, 6.45) is 0.548. The van der Waals surface area contributed by atoms with Gasteiger partial charge in [-0.3, -0.25) is 9.59 Å². The van der Waals surface area contributed by atoms with Crippen molar-refractivity contribution in [2.45, 2.75) is 52.1 Å². The number of rotatable bonds is 6. The third-order valence-electron chi connectivity index (χ3n) is 2.90. The maximum Gasteiger partial charge on any atom is 0.313 e. The molecule has 5 heteroatoms. The first-order valence-corrected chi connectivity index (χ1v) is 8.16. The Morgan fingerprint density at radius 3 is 2.27 bits per heavy atom. The van der Waals surface area contributed by atoms with Gasteiger partial charge in [-0.1, -0.05) is 28.1 Å². The van der Waals surface area contributed by atoms with Crippen LogP contribution in [0.25, 0.3) is 0 Å². The second kappa shape index (κ2) is 8.32. The van der Waals surface area contributed by atoms with Crippen molar-refractivity contribution in [2.75, 3.05) is 6.61 Å². The first kappa shape index (κ1) is 18.7. The van der Waals surface area contributed by atoms with Gasteiger partial charge in [-0.2, -0.15) is 0 Å². The molecule has 0 spiro atoms. The molecule has 0 heterocycles. The highest BCUT2D eigenvalue weighted by Gasteiger charge is 2.24. The van der Waals surface area contributed by atoms with E-state index in [0.29, 0.717) is 13.0 Å². The van der Waals surface area contributed by atoms with Gasteiger partial charge in [-0.25, -0.2) is 0 Å². The highest BCUT2D eigenvalue weighted by molar-refractivity contribution is 9.10. The zero-order valence-corrected chi connectivity index (χ0v) is 15.1. The fourth-order valence-corrected chi connectivity index (χ4v) is 2.28. The van der Waals surface area contributed by atoms with E-state index in [4.69, 9.17) is 9.47 Å². The van der Waals surface area contributed by atoms with E-state index in [9.17, 15) is 9.59 Å². The number of benzene rings is 1. The quantitative estimate of drug-likeness (QED) is 0.703. The van der Waals surface area contributed by atoms with Crippen LogP contribution in [0.3, 0.4) is 0 Å². The van der Waals surface area contributed by atoms with Crippen molar-refractivity contribution in [3.63, 3.8) is 0 Å². The van der Waals surface area contributed by atoms with Crippen LogP contribution in [0.1, 0.15) is 52.0 Å². The maximum atomic E-state index is 12.1. The molecule has 1 aromatic rings. The first-order valence-electron chi connectivity index (χ1n) is 7.37. The smallest absolute Gasteiger partial charge is 0.313 e. The lowest BCUT2D eigenvalue weighted by atomic mass is 9.94. The van der Waals surface area contributed by atoms with Gasteiger partial charge in [0.2, 0.25) is 0 Å². The number of esters is 2. The van der Waals surface area contributed by atoms with E-state index >= 15 is 0 Å². The second-order valence-electron chi connectivity index (χ2n) is 5.98. The van der Waals surface area contributed by atoms with Crippen molar-refractivity contribution in [1.82, 2.24) is 0 Å². The van der Waals surface area contributed by atoms with Crippen molar-refractivity contribution in [1.29, 1.82) is 0 Å². The maximum absolute atomic E-state index is 12.1. The fourth-order valence-electron chi connectivity index (χ4n) is 2.01. The molecule has 1 atom stereocenters. The molecule has 0 saturated carbocycles. The molecule has 1 aromatic carbocycles. The minimum absolute atomic E-state index is 0.177. The molecular formula is C17H23BrO4. The minimum Gasteiger partial charge on any atom is -0.466 e. The first-order chi connectivity index (χ1) is 10.2. The summed E-state index contributed by atoms with van der Waals surface area (Å²) >= 11 is 3.37. The normalized spacial score (nSPS) is 12.6. The Morgan fingerprint density at radius 1 is 1.18 bits per heavy atom. The summed E-state index contributed by atoms with van der Waals surface area (Å²) in [5, 5.41) is 0. The van der Waals surface area contributed by atoms with E-state index in [1.54, 1.807) is 6.92 Å². The number of ether oxygens (including phenoxy) is 2. The number of hydrogen-bond acceptors (Lipinski definition) is 4. The summed E-state index contributed by atoms with van der Waals surface area (Å²) in [4.78, 5) is 24.0. The lowest BCUT2D eigenvalue weighted by Crippen LogP contribution is -2.25. The van der Waals surface area contributed by atoms with Crippen LogP contribution in [-0.4, -0.2) is 24.1 Å². The standard InChI is InChI=1S/C17H23BrO4/c1-5-21-16(20)14(12-6-8-13(18)9-7-12)10-11-15(19)22-17(2,3)4/h6-9,14H,5,10-11H2,1-4H3. The van der Waals surface area contributed by atoms with Gasteiger partial charge in [-0.05, 0) is 51.8 Å². The molecule has 122 valence electrons. The molecule has 0 amide bonds. The molecule has 0 aliphatic carbocycles. The van der Waals surface area contributed by atoms with E-state index in [1.165, 1.54) is 0 Å². The molecule has 0 fully saturated rings. The second-order valence-corrected chi connectivity index (χ2v) is 6.90. The van der Waals surface area contributed by atoms with Gasteiger partial charge in [0, 0.05) is 10.9 Å². The Hall–Kier alpha value is -1.36. The predicted octanol–water partition coefficient (Wildman–Crippen LogP) is 4.22. The molecule has 0 aliphatic heterocycles. The van der Waals surface area contributed by atoms with Gasteiger partial charge in [0.05, 0.1) is 12.5 Å². The Labute approximate surface area is 140 Å². The molecule has 22 heavy (non-hydrogen) atoms. The van der Waals surface area contributed by atoms with Crippen LogP contribution in [0.4, 0.5) is 0 Å². The van der Waals surface area contributed by atoms with E-state index < -0.39 is 11.5 Å². The molecule has 1 rings (SSSR count). The highest BCUT2D eigenvalue weighted by atomic mass is 79.9. The Morgan fingerprint density at radius 2 is 1.77 bits per heavy atom. The summed E-state index contributed by atoms with van der Waals surface area (Å²) in [6, 6.07) is 7.46. The molecule has 0 N–H and O–H groups in total. The van der Waals surface area contributed by atoms with Crippen LogP contribution in [0.5, 0.6) is 0 Å². The zero-order valence-electron chi connectivity index (χ0n) is 13.5. The largest absolute Gasteiger partial charge is 0.466 e. The summed E-state index contributed by atoms with van der Waals surface area (Å²) < 4.78 is 11.3. The lowest BCUT2D eigenvalue weighted by Gasteiger charge is -2.21. The zero-order chi connectivity index (χ0) is 16.8. The highest BCUT2D eigenvalue weighted by Crippen LogP contribution is 2.25. The van der Waals surface area contributed by atoms with Crippen molar-refractivity contribution >= 4 is 27.9 Å². The van der Waals surface area contributed by atoms with Crippen molar-refractivity contribution in [3.05, 3.63) is 34.3 Å². The third-order valence-corrected chi connectivity index (χ3v) is 3.43. The third kappa shape index (κ3) is 6.60. The van der Waals surface area contributed by atoms with Crippen molar-refractivity contribution in [2.24, 2.45) is 0 Å².